The third-order valence-electron chi connectivity index (χ3n) is 3.06. The molecule has 0 saturated carbocycles. The maximum atomic E-state index is 9.14. The van der Waals surface area contributed by atoms with Crippen molar-refractivity contribution in [2.75, 3.05) is 26.4 Å². The predicted octanol–water partition coefficient (Wildman–Crippen LogP) is -1.27. The molecule has 0 aromatic carbocycles. The highest BCUT2D eigenvalue weighted by molar-refractivity contribution is 7.39. The molecule has 132 valence electrons. The summed E-state index contributed by atoms with van der Waals surface area (Å²) in [6.07, 6.45) is -0.709. The summed E-state index contributed by atoms with van der Waals surface area (Å²) in [7, 11) is -4.65. The first-order valence-corrected chi connectivity index (χ1v) is 8.94. The molecule has 0 spiro atoms. The number of aliphatic hydroxyl groups is 2. The van der Waals surface area contributed by atoms with E-state index in [1.54, 1.807) is 0 Å². The quantitative estimate of drug-likeness (QED) is 0.314. The highest BCUT2D eigenvalue weighted by Gasteiger charge is 2.27. The monoisotopic (exact) mass is 364 g/mol. The number of hydrogen-bond acceptors (Lipinski definition) is 10. The van der Waals surface area contributed by atoms with E-state index in [2.05, 4.69) is 9.05 Å². The van der Waals surface area contributed by atoms with E-state index in [1.807, 2.05) is 0 Å². The summed E-state index contributed by atoms with van der Waals surface area (Å²) in [5, 5.41) is 18.3. The Hall–Kier alpha value is 0.460. The molecule has 0 radical (unpaired) electrons. The molecule has 10 nitrogen and oxygen atoms in total. The number of ether oxygens (including phenoxy) is 2. The van der Waals surface area contributed by atoms with Gasteiger partial charge < -0.3 is 48.3 Å². The molecule has 0 aromatic rings. The largest absolute Gasteiger partial charge is 0.390 e. The Morgan fingerprint density at radius 3 is 1.36 bits per heavy atom. The Morgan fingerprint density at radius 2 is 1.14 bits per heavy atom. The normalized spacial score (nSPS) is 31.6. The zero-order valence-electron chi connectivity index (χ0n) is 11.8. The van der Waals surface area contributed by atoms with Crippen molar-refractivity contribution >= 4 is 17.2 Å². The van der Waals surface area contributed by atoms with Crippen LogP contribution in [0.25, 0.3) is 0 Å². The van der Waals surface area contributed by atoms with Crippen LogP contribution >= 0.6 is 17.2 Å². The van der Waals surface area contributed by atoms with Crippen LogP contribution in [0.3, 0.4) is 0 Å². The summed E-state index contributed by atoms with van der Waals surface area (Å²) < 4.78 is 19.0. The Labute approximate surface area is 130 Å². The molecule has 12 heteroatoms. The average Bonchev–Trinajstić information content (AvgIpc) is 3.03. The first kappa shape index (κ1) is 20.5. The topological polar surface area (TPSA) is 158 Å². The molecule has 6 N–H and O–H groups in total. The Kier molecular flexibility index (Phi) is 10.3. The first-order chi connectivity index (χ1) is 10.4. The van der Waals surface area contributed by atoms with Gasteiger partial charge in [-0.15, -0.1) is 0 Å². The molecule has 0 aromatic heterocycles. The van der Waals surface area contributed by atoms with Crippen LogP contribution < -0.4 is 0 Å². The van der Waals surface area contributed by atoms with E-state index in [0.29, 0.717) is 26.1 Å². The van der Waals surface area contributed by atoms with E-state index < -0.39 is 41.6 Å². The third kappa shape index (κ3) is 8.35. The van der Waals surface area contributed by atoms with Gasteiger partial charge in [-0.05, 0) is 12.8 Å². The zero-order valence-corrected chi connectivity index (χ0v) is 13.6. The number of aliphatic hydroxyl groups excluding tert-OH is 2. The van der Waals surface area contributed by atoms with Crippen molar-refractivity contribution in [3.05, 3.63) is 0 Å². The second-order valence-electron chi connectivity index (χ2n) is 4.63. The van der Waals surface area contributed by atoms with Crippen molar-refractivity contribution < 1.29 is 48.3 Å². The van der Waals surface area contributed by atoms with Crippen molar-refractivity contribution in [2.24, 2.45) is 0 Å². The van der Waals surface area contributed by atoms with E-state index >= 15 is 0 Å². The number of rotatable bonds is 6. The molecule has 0 amide bonds. The van der Waals surface area contributed by atoms with Crippen molar-refractivity contribution in [1.82, 2.24) is 0 Å². The molecule has 2 aliphatic heterocycles. The van der Waals surface area contributed by atoms with Crippen LogP contribution in [0.4, 0.5) is 0 Å². The Balaban J connectivity index is 0.000000220. The van der Waals surface area contributed by atoms with Gasteiger partial charge in [0.05, 0.1) is 25.4 Å². The first-order valence-electron chi connectivity index (χ1n) is 6.61. The maximum Gasteiger partial charge on any atom is 0.327 e. The van der Waals surface area contributed by atoms with Gasteiger partial charge in [-0.25, -0.2) is 0 Å². The van der Waals surface area contributed by atoms with Crippen LogP contribution in [0.15, 0.2) is 0 Å². The standard InChI is InChI=1S/2C5H11O5P/c2*6-4-1-2-9-5(4)3-10-11(7)8/h2*4-8H,1-3H2/t2*4-,5+/m00/s1. The van der Waals surface area contributed by atoms with Crippen molar-refractivity contribution in [1.29, 1.82) is 0 Å². The second kappa shape index (κ2) is 11.1. The lowest BCUT2D eigenvalue weighted by Crippen LogP contribution is -2.25. The van der Waals surface area contributed by atoms with Gasteiger partial charge in [-0.2, -0.15) is 0 Å². The average molecular weight is 364 g/mol. The molecule has 2 heterocycles. The summed E-state index contributed by atoms with van der Waals surface area (Å²) in [6.45, 7) is 1.09. The summed E-state index contributed by atoms with van der Waals surface area (Å²) in [5.41, 5.74) is 0. The third-order valence-corrected chi connectivity index (χ3v) is 3.82. The summed E-state index contributed by atoms with van der Waals surface area (Å²) >= 11 is 0. The maximum absolute atomic E-state index is 9.14. The molecular weight excluding hydrogens is 342 g/mol. The molecule has 2 fully saturated rings. The highest BCUT2D eigenvalue weighted by Crippen LogP contribution is 2.27. The molecular formula is C10H22O10P2. The minimum atomic E-state index is -2.33. The highest BCUT2D eigenvalue weighted by atomic mass is 31.2. The van der Waals surface area contributed by atoms with Gasteiger partial charge in [0.25, 0.3) is 0 Å². The summed E-state index contributed by atoms with van der Waals surface area (Å²) in [4.78, 5) is 33.4. The van der Waals surface area contributed by atoms with Crippen LogP contribution in [0.2, 0.25) is 0 Å². The molecule has 2 rings (SSSR count). The van der Waals surface area contributed by atoms with Gasteiger partial charge in [0.1, 0.15) is 12.2 Å². The fourth-order valence-corrected chi connectivity index (χ4v) is 2.43. The van der Waals surface area contributed by atoms with Crippen LogP contribution in [-0.4, -0.2) is 80.6 Å². The minimum Gasteiger partial charge on any atom is -0.390 e. The van der Waals surface area contributed by atoms with Gasteiger partial charge in [0.15, 0.2) is 0 Å². The molecule has 2 saturated heterocycles. The van der Waals surface area contributed by atoms with Gasteiger partial charge in [0.2, 0.25) is 0 Å². The Bertz CT molecular complexity index is 267. The lowest BCUT2D eigenvalue weighted by atomic mass is 10.2. The molecule has 22 heavy (non-hydrogen) atoms. The van der Waals surface area contributed by atoms with Crippen LogP contribution in [-0.2, 0) is 18.5 Å². The van der Waals surface area contributed by atoms with E-state index in [9.17, 15) is 0 Å². The summed E-state index contributed by atoms with van der Waals surface area (Å²) in [5.74, 6) is 0. The molecule has 0 aliphatic carbocycles. The molecule has 4 atom stereocenters. The van der Waals surface area contributed by atoms with E-state index in [1.165, 1.54) is 0 Å². The predicted molar refractivity (Wildman–Crippen MR) is 75.3 cm³/mol. The molecule has 0 bridgehead atoms. The number of hydrogen-bond donors (Lipinski definition) is 6. The summed E-state index contributed by atoms with van der Waals surface area (Å²) in [6, 6.07) is 0. The van der Waals surface area contributed by atoms with Gasteiger partial charge in [-0.1, -0.05) is 0 Å². The lowest BCUT2D eigenvalue weighted by Gasteiger charge is -2.13. The molecule has 0 unspecified atom stereocenters. The van der Waals surface area contributed by atoms with Gasteiger partial charge in [-0.3, -0.25) is 0 Å². The van der Waals surface area contributed by atoms with Crippen molar-refractivity contribution in [2.45, 2.75) is 37.3 Å². The van der Waals surface area contributed by atoms with Crippen LogP contribution in [0, 0.1) is 0 Å². The lowest BCUT2D eigenvalue weighted by molar-refractivity contribution is 0.00813. The fraction of sp³-hybridized carbons (Fsp3) is 1.00. The van der Waals surface area contributed by atoms with Crippen LogP contribution in [0.5, 0.6) is 0 Å². The Morgan fingerprint density at radius 1 is 0.773 bits per heavy atom. The van der Waals surface area contributed by atoms with Gasteiger partial charge in [0, 0.05) is 13.2 Å². The zero-order chi connectivity index (χ0) is 16.5. The van der Waals surface area contributed by atoms with Crippen molar-refractivity contribution in [3.63, 3.8) is 0 Å². The molecule has 2 aliphatic rings. The van der Waals surface area contributed by atoms with Gasteiger partial charge >= 0.3 is 17.2 Å². The smallest absolute Gasteiger partial charge is 0.327 e. The van der Waals surface area contributed by atoms with E-state index in [-0.39, 0.29) is 13.2 Å². The van der Waals surface area contributed by atoms with Crippen LogP contribution in [0.1, 0.15) is 12.8 Å². The minimum absolute atomic E-state index is 0.0415. The van der Waals surface area contributed by atoms with Crippen molar-refractivity contribution in [3.8, 4) is 0 Å². The van der Waals surface area contributed by atoms with E-state index in [4.69, 9.17) is 39.3 Å². The fourth-order valence-electron chi connectivity index (χ4n) is 1.87. The second-order valence-corrected chi connectivity index (χ2v) is 6.15. The SMILES string of the molecule is O[C@H]1CCO[C@@H]1COP(O)O.O[C@H]1CCO[C@@H]1COP(O)O. The van der Waals surface area contributed by atoms with E-state index in [0.717, 1.165) is 0 Å².